The molecule has 0 amide bonds. The summed E-state index contributed by atoms with van der Waals surface area (Å²) in [6.45, 7) is 25.7. The zero-order chi connectivity index (χ0) is 62.1. The van der Waals surface area contributed by atoms with Crippen LogP contribution in [0.15, 0.2) is 291 Å². The average Bonchev–Trinajstić information content (AvgIpc) is 2.73. The van der Waals surface area contributed by atoms with Crippen LogP contribution in [-0.2, 0) is 20.4 Å². The summed E-state index contributed by atoms with van der Waals surface area (Å²) in [6.07, 6.45) is 0. The van der Waals surface area contributed by atoms with E-state index in [2.05, 4.69) is 374 Å². The molecule has 0 saturated heterocycles. The van der Waals surface area contributed by atoms with Gasteiger partial charge < -0.3 is 0 Å². The molecule has 12 rings (SSSR count). The summed E-state index contributed by atoms with van der Waals surface area (Å²) in [7, 11) is -1.93. The first-order valence-corrected chi connectivity index (χ1v) is 35.9. The van der Waals surface area contributed by atoms with Gasteiger partial charge in [-0.05, 0) is 178 Å². The van der Waals surface area contributed by atoms with Crippen molar-refractivity contribution in [2.45, 2.75) is 83.1 Å². The maximum atomic E-state index is 2.28. The summed E-state index contributed by atoms with van der Waals surface area (Å²) in [5.41, 5.74) is 15.7. The van der Waals surface area contributed by atoms with Crippen LogP contribution in [0.2, 0.25) is 0 Å². The van der Waals surface area contributed by atoms with Crippen LogP contribution in [0.3, 0.4) is 0 Å². The van der Waals surface area contributed by atoms with Crippen LogP contribution in [0.25, 0.3) is 0 Å². The van der Waals surface area contributed by atoms with Gasteiger partial charge in [0.2, 0.25) is 0 Å². The van der Waals surface area contributed by atoms with Gasteiger partial charge in [-0.25, -0.2) is 0 Å². The molecule has 0 radical (unpaired) electrons. The summed E-state index contributed by atoms with van der Waals surface area (Å²) in [6, 6.07) is 108. The molecule has 0 saturated carbocycles. The predicted molar refractivity (Wildman–Crippen MR) is 397 cm³/mol. The Kier molecular flexibility index (Phi) is 25.3. The second kappa shape index (κ2) is 33.2. The minimum atomic E-state index is -0.483. The zero-order valence-corrected chi connectivity index (χ0v) is 59.0. The molecular weight excluding hydrogens is 1240 g/mol. The quantitative estimate of drug-likeness (QED) is 0.0845. The molecule has 0 spiro atoms. The number of hydrogen-bond donors (Lipinski definition) is 0. The molecule has 0 aliphatic rings. The van der Waals surface area contributed by atoms with E-state index in [1.54, 1.807) is 0 Å². The molecule has 0 unspecified atom stereocenters. The molecule has 0 aromatic heterocycles. The minimum absolute atomic E-state index is 0. The summed E-state index contributed by atoms with van der Waals surface area (Å²) >= 11 is 0. The van der Waals surface area contributed by atoms with Crippen molar-refractivity contribution in [2.75, 3.05) is 0 Å². The van der Waals surface area contributed by atoms with E-state index in [1.807, 2.05) is 0 Å². The summed E-state index contributed by atoms with van der Waals surface area (Å²) < 4.78 is 0. The molecule has 0 nitrogen and oxygen atoms in total. The number of hydrogen-bond acceptors (Lipinski definition) is 0. The van der Waals surface area contributed by atoms with E-state index in [0.717, 1.165) is 0 Å². The van der Waals surface area contributed by atoms with Crippen molar-refractivity contribution in [3.05, 3.63) is 358 Å². The summed E-state index contributed by atoms with van der Waals surface area (Å²) in [5, 5.41) is 16.9. The first-order chi connectivity index (χ1) is 42.5. The van der Waals surface area contributed by atoms with Crippen LogP contribution in [0.5, 0.6) is 0 Å². The SMILES string of the molecule is Cc1ccc(P(c2ccc(C)cc2)c2ccc(C)cc2)cc1.Cc1ccc(P(c2ccc(C)cc2)c2ccc(C)cc2)cc1.Cc1ccc(P(c2ccc(C)cc2)c2ccc(C)cc2)cc1.Cc1ccc(P(c2ccc(C)cc2)c2ccc(C)cc2)cc1.[Pd]. The largest absolute Gasteiger partial charge is 0.0587 e. The van der Waals surface area contributed by atoms with E-state index in [9.17, 15) is 0 Å². The van der Waals surface area contributed by atoms with E-state index in [4.69, 9.17) is 0 Å². The molecule has 0 atom stereocenters. The van der Waals surface area contributed by atoms with Gasteiger partial charge in [0.05, 0.1) is 0 Å². The molecule has 0 aliphatic heterocycles. The average molecular weight is 1320 g/mol. The standard InChI is InChI=1S/4C21H21P.Pd/c4*1-16-4-10-19(11-5-16)22(20-12-6-17(2)7-13-20)21-14-8-18(3)9-15-21;/h4*4-15H,1-3H3;. The van der Waals surface area contributed by atoms with E-state index in [0.29, 0.717) is 0 Å². The molecular formula is C84H84P4Pd. The Bertz CT molecular complexity index is 3070. The third-order valence-electron chi connectivity index (χ3n) is 15.5. The Labute approximate surface area is 552 Å². The third kappa shape index (κ3) is 19.5. The first-order valence-electron chi connectivity index (χ1n) is 30.5. The maximum Gasteiger partial charge on any atom is 0 e. The van der Waals surface area contributed by atoms with E-state index >= 15 is 0 Å². The maximum absolute atomic E-state index is 2.28. The Morgan fingerprint density at radius 2 is 0.169 bits per heavy atom. The third-order valence-corrected chi connectivity index (χ3v) is 25.3. The number of benzene rings is 12. The second-order valence-corrected chi connectivity index (χ2v) is 32.2. The van der Waals surface area contributed by atoms with E-state index < -0.39 is 31.7 Å². The fourth-order valence-electron chi connectivity index (χ4n) is 10.1. The van der Waals surface area contributed by atoms with Crippen LogP contribution in [0.1, 0.15) is 66.8 Å². The predicted octanol–water partition coefficient (Wildman–Crippen LogP) is 17.5. The summed E-state index contributed by atoms with van der Waals surface area (Å²) in [5.74, 6) is 0. The Hall–Kier alpha value is -6.98. The van der Waals surface area contributed by atoms with E-state index in [1.165, 1.54) is 130 Å². The van der Waals surface area contributed by atoms with Gasteiger partial charge in [-0.2, -0.15) is 0 Å². The van der Waals surface area contributed by atoms with Crippen LogP contribution in [0.4, 0.5) is 0 Å². The van der Waals surface area contributed by atoms with Crippen molar-refractivity contribution in [1.29, 1.82) is 0 Å². The van der Waals surface area contributed by atoms with Crippen LogP contribution in [0, 0.1) is 83.1 Å². The molecule has 0 bridgehead atoms. The van der Waals surface area contributed by atoms with Crippen molar-refractivity contribution >= 4 is 95.3 Å². The number of rotatable bonds is 12. The fraction of sp³-hybridized carbons (Fsp3) is 0.143. The van der Waals surface area contributed by atoms with Gasteiger partial charge in [0.1, 0.15) is 0 Å². The Balaban J connectivity index is 0.000000153. The van der Waals surface area contributed by atoms with Crippen LogP contribution < -0.4 is 63.7 Å². The van der Waals surface area contributed by atoms with Crippen molar-refractivity contribution < 1.29 is 20.4 Å². The normalized spacial score (nSPS) is 10.8. The van der Waals surface area contributed by atoms with Gasteiger partial charge in [0, 0.05) is 20.4 Å². The molecule has 12 aromatic rings. The number of aryl methyl sites for hydroxylation is 12. The smallest absolute Gasteiger partial charge is 0 e. The Morgan fingerprint density at radius 3 is 0.225 bits per heavy atom. The fourth-order valence-corrected chi connectivity index (χ4v) is 19.1. The van der Waals surface area contributed by atoms with Gasteiger partial charge >= 0.3 is 0 Å². The molecule has 0 N–H and O–H groups in total. The minimum Gasteiger partial charge on any atom is -0.0587 e. The van der Waals surface area contributed by atoms with Gasteiger partial charge in [0.25, 0.3) is 0 Å². The second-order valence-electron chi connectivity index (χ2n) is 23.4. The van der Waals surface area contributed by atoms with Crippen molar-refractivity contribution in [3.8, 4) is 0 Å². The van der Waals surface area contributed by atoms with Gasteiger partial charge in [-0.1, -0.05) is 358 Å². The molecule has 450 valence electrons. The molecule has 5 heteroatoms. The van der Waals surface area contributed by atoms with Gasteiger partial charge in [-0.3, -0.25) is 0 Å². The molecule has 12 aromatic carbocycles. The molecule has 0 aliphatic carbocycles. The van der Waals surface area contributed by atoms with Gasteiger partial charge in [0.15, 0.2) is 0 Å². The monoisotopic (exact) mass is 1320 g/mol. The molecule has 0 heterocycles. The van der Waals surface area contributed by atoms with Crippen molar-refractivity contribution in [2.24, 2.45) is 0 Å². The van der Waals surface area contributed by atoms with Crippen molar-refractivity contribution in [1.82, 2.24) is 0 Å². The van der Waals surface area contributed by atoms with Crippen LogP contribution >= 0.6 is 31.7 Å². The topological polar surface area (TPSA) is 0 Å². The van der Waals surface area contributed by atoms with Crippen LogP contribution in [-0.4, -0.2) is 0 Å². The van der Waals surface area contributed by atoms with Crippen molar-refractivity contribution in [3.63, 3.8) is 0 Å². The Morgan fingerprint density at radius 1 is 0.112 bits per heavy atom. The zero-order valence-electron chi connectivity index (χ0n) is 53.8. The molecule has 0 fully saturated rings. The molecule has 89 heavy (non-hydrogen) atoms. The van der Waals surface area contributed by atoms with Gasteiger partial charge in [-0.15, -0.1) is 0 Å². The summed E-state index contributed by atoms with van der Waals surface area (Å²) in [4.78, 5) is 0. The van der Waals surface area contributed by atoms with E-state index in [-0.39, 0.29) is 20.4 Å². The first kappa shape index (κ1) is 67.9.